The fraction of sp³-hybridized carbons (Fsp3) is 0.364. The molecule has 0 aliphatic carbocycles. The summed E-state index contributed by atoms with van der Waals surface area (Å²) in [6.07, 6.45) is 0. The van der Waals surface area contributed by atoms with Crippen LogP contribution >= 0.6 is 11.3 Å². The lowest BCUT2D eigenvalue weighted by atomic mass is 10.1. The van der Waals surface area contributed by atoms with Gasteiger partial charge in [-0.25, -0.2) is 4.98 Å². The molecule has 1 fully saturated rings. The molecule has 0 unspecified atom stereocenters. The number of hydrogen-bond donors (Lipinski definition) is 0. The number of thiazole rings is 1. The normalized spacial score (nSPS) is 13.2. The van der Waals surface area contributed by atoms with Gasteiger partial charge in [-0.1, -0.05) is 36.4 Å². The molecule has 42 heavy (non-hydrogen) atoms. The monoisotopic (exact) mass is 589 g/mol. The number of morpholine rings is 1. The minimum atomic E-state index is 0.445. The Morgan fingerprint density at radius 1 is 0.786 bits per heavy atom. The van der Waals surface area contributed by atoms with E-state index in [1.165, 1.54) is 16.8 Å². The average Bonchev–Trinajstić information content (AvgIpc) is 3.52. The van der Waals surface area contributed by atoms with Gasteiger partial charge in [0, 0.05) is 37.2 Å². The molecule has 1 saturated heterocycles. The number of hydrogen-bond acceptors (Lipinski definition) is 9. The Morgan fingerprint density at radius 2 is 1.43 bits per heavy atom. The molecule has 1 aliphatic heterocycles. The van der Waals surface area contributed by atoms with Crippen molar-refractivity contribution in [3.05, 3.63) is 101 Å². The molecule has 0 amide bonds. The van der Waals surface area contributed by atoms with Gasteiger partial charge in [0.15, 0.2) is 5.13 Å². The summed E-state index contributed by atoms with van der Waals surface area (Å²) in [5, 5.41) is 3.04. The highest BCUT2D eigenvalue weighted by atomic mass is 32.1. The van der Waals surface area contributed by atoms with E-state index in [-0.39, 0.29) is 0 Å². The van der Waals surface area contributed by atoms with Gasteiger partial charge >= 0.3 is 0 Å². The third-order valence-electron chi connectivity index (χ3n) is 7.03. The third kappa shape index (κ3) is 8.69. The molecule has 0 spiro atoms. The van der Waals surface area contributed by atoms with Crippen LogP contribution in [0.4, 0.5) is 10.8 Å². The maximum atomic E-state index is 5.88. The highest BCUT2D eigenvalue weighted by Crippen LogP contribution is 2.27. The smallest absolute Gasteiger partial charge is 0.186 e. The lowest BCUT2D eigenvalue weighted by Crippen LogP contribution is -2.36. The van der Waals surface area contributed by atoms with Crippen molar-refractivity contribution < 1.29 is 23.7 Å². The van der Waals surface area contributed by atoms with E-state index in [2.05, 4.69) is 51.6 Å². The van der Waals surface area contributed by atoms with Crippen LogP contribution in [-0.4, -0.2) is 58.7 Å². The lowest BCUT2D eigenvalue weighted by molar-refractivity contribution is 0.0330. The van der Waals surface area contributed by atoms with Crippen molar-refractivity contribution in [1.82, 2.24) is 4.98 Å². The Morgan fingerprint density at radius 3 is 2.14 bits per heavy atom. The number of benzene rings is 3. The number of aromatic nitrogens is 1. The zero-order valence-electron chi connectivity index (χ0n) is 24.4. The van der Waals surface area contributed by atoms with E-state index in [0.717, 1.165) is 60.7 Å². The number of anilines is 2. The van der Waals surface area contributed by atoms with E-state index < -0.39 is 0 Å². The first-order valence-corrected chi connectivity index (χ1v) is 15.1. The van der Waals surface area contributed by atoms with E-state index in [1.54, 1.807) is 25.6 Å². The summed E-state index contributed by atoms with van der Waals surface area (Å²) in [6.45, 7) is 6.86. The van der Waals surface area contributed by atoms with Crippen molar-refractivity contribution in [1.29, 1.82) is 0 Å². The highest BCUT2D eigenvalue weighted by molar-refractivity contribution is 7.13. The van der Waals surface area contributed by atoms with Gasteiger partial charge < -0.3 is 33.5 Å². The minimum absolute atomic E-state index is 0.445. The van der Waals surface area contributed by atoms with Gasteiger partial charge in [-0.15, -0.1) is 11.3 Å². The van der Waals surface area contributed by atoms with Crippen molar-refractivity contribution in [3.63, 3.8) is 0 Å². The molecule has 5 rings (SSSR count). The minimum Gasteiger partial charge on any atom is -0.497 e. The summed E-state index contributed by atoms with van der Waals surface area (Å²) in [7, 11) is 3.36. The second-order valence-corrected chi connectivity index (χ2v) is 10.9. The van der Waals surface area contributed by atoms with Crippen molar-refractivity contribution in [2.45, 2.75) is 26.3 Å². The van der Waals surface area contributed by atoms with Gasteiger partial charge in [0.25, 0.3) is 0 Å². The van der Waals surface area contributed by atoms with Crippen LogP contribution < -0.4 is 19.3 Å². The van der Waals surface area contributed by atoms with E-state index in [9.17, 15) is 0 Å². The van der Waals surface area contributed by atoms with Crippen molar-refractivity contribution >= 4 is 22.2 Å². The molecule has 9 heteroatoms. The Kier molecular flexibility index (Phi) is 11.1. The molecule has 8 nitrogen and oxygen atoms in total. The Bertz CT molecular complexity index is 1370. The number of rotatable bonds is 15. The van der Waals surface area contributed by atoms with E-state index in [0.29, 0.717) is 33.0 Å². The molecule has 3 aromatic carbocycles. The second kappa shape index (κ2) is 15.6. The molecule has 1 aliphatic rings. The molecular formula is C33H39N3O5S. The van der Waals surface area contributed by atoms with Gasteiger partial charge in [-0.05, 0) is 53.1 Å². The zero-order valence-corrected chi connectivity index (χ0v) is 25.2. The standard InChI is InChI=1S/C33H39N3O5S/c1-37-31-7-3-5-27(19-31)22-36(21-26-9-11-30(12-10-26)35-13-15-39-16-14-35)33-34-29(25-42-33)24-41-18-17-40-23-28-6-4-8-32(20-28)38-2/h3-12,19-20,25H,13-18,21-24H2,1-2H3. The fourth-order valence-corrected chi connectivity index (χ4v) is 5.60. The van der Waals surface area contributed by atoms with Gasteiger partial charge in [0.1, 0.15) is 11.5 Å². The number of ether oxygens (including phenoxy) is 5. The van der Waals surface area contributed by atoms with Gasteiger partial charge in [-0.3, -0.25) is 0 Å². The molecule has 0 atom stereocenters. The second-order valence-electron chi connectivity index (χ2n) is 10.1. The predicted octanol–water partition coefficient (Wildman–Crippen LogP) is 5.94. The summed E-state index contributed by atoms with van der Waals surface area (Å²) in [6, 6.07) is 24.9. The van der Waals surface area contributed by atoms with Crippen LogP contribution in [0.1, 0.15) is 22.4 Å². The molecule has 4 aromatic rings. The molecule has 1 aromatic heterocycles. The van der Waals surface area contributed by atoms with Crippen LogP contribution in [0, 0.1) is 0 Å². The molecule has 0 N–H and O–H groups in total. The summed E-state index contributed by atoms with van der Waals surface area (Å²) < 4.78 is 27.9. The average molecular weight is 590 g/mol. The Hall–Kier alpha value is -3.63. The maximum Gasteiger partial charge on any atom is 0.186 e. The van der Waals surface area contributed by atoms with Crippen LogP contribution in [0.2, 0.25) is 0 Å². The quantitative estimate of drug-likeness (QED) is 0.158. The van der Waals surface area contributed by atoms with Crippen LogP contribution in [0.15, 0.2) is 78.2 Å². The number of methoxy groups -OCH3 is 2. The molecule has 222 valence electrons. The molecule has 0 bridgehead atoms. The van der Waals surface area contributed by atoms with Crippen molar-refractivity contribution in [2.75, 3.05) is 63.5 Å². The molecule has 0 radical (unpaired) electrons. The summed E-state index contributed by atoms with van der Waals surface area (Å²) in [5.41, 5.74) is 5.63. The van der Waals surface area contributed by atoms with Crippen molar-refractivity contribution in [2.24, 2.45) is 0 Å². The van der Waals surface area contributed by atoms with E-state index in [4.69, 9.17) is 28.7 Å². The maximum absolute atomic E-state index is 5.88. The van der Waals surface area contributed by atoms with Crippen LogP contribution in [0.25, 0.3) is 0 Å². The molecule has 0 saturated carbocycles. The fourth-order valence-electron chi connectivity index (χ4n) is 4.79. The van der Waals surface area contributed by atoms with Gasteiger partial charge in [-0.2, -0.15) is 0 Å². The SMILES string of the molecule is COc1cccc(COCCOCc2csc(N(Cc3ccc(N4CCOCC4)cc3)Cc3cccc(OC)c3)n2)c1. The lowest BCUT2D eigenvalue weighted by Gasteiger charge is -2.29. The number of nitrogens with zero attached hydrogens (tertiary/aromatic N) is 3. The first kappa shape index (κ1) is 29.8. The zero-order chi connectivity index (χ0) is 29.0. The van der Waals surface area contributed by atoms with Gasteiger partial charge in [0.2, 0.25) is 0 Å². The van der Waals surface area contributed by atoms with Crippen LogP contribution in [0.5, 0.6) is 11.5 Å². The Labute approximate surface area is 252 Å². The predicted molar refractivity (Wildman–Crippen MR) is 167 cm³/mol. The first-order valence-electron chi connectivity index (χ1n) is 14.2. The molecular weight excluding hydrogens is 550 g/mol. The van der Waals surface area contributed by atoms with Gasteiger partial charge in [0.05, 0.1) is 59.6 Å². The van der Waals surface area contributed by atoms with E-state index in [1.807, 2.05) is 36.4 Å². The van der Waals surface area contributed by atoms with Crippen molar-refractivity contribution in [3.8, 4) is 11.5 Å². The van der Waals surface area contributed by atoms with Crippen LogP contribution in [-0.2, 0) is 40.5 Å². The molecule has 2 heterocycles. The topological polar surface area (TPSA) is 65.5 Å². The largest absolute Gasteiger partial charge is 0.497 e. The Balaban J connectivity index is 1.17. The highest BCUT2D eigenvalue weighted by Gasteiger charge is 2.15. The van der Waals surface area contributed by atoms with E-state index >= 15 is 0 Å². The third-order valence-corrected chi connectivity index (χ3v) is 7.98. The van der Waals surface area contributed by atoms with Crippen LogP contribution in [0.3, 0.4) is 0 Å². The summed E-state index contributed by atoms with van der Waals surface area (Å²) >= 11 is 1.64. The summed E-state index contributed by atoms with van der Waals surface area (Å²) in [4.78, 5) is 9.62. The first-order chi connectivity index (χ1) is 20.7. The summed E-state index contributed by atoms with van der Waals surface area (Å²) in [5.74, 6) is 1.68.